The zero-order chi connectivity index (χ0) is 21.5. The predicted molar refractivity (Wildman–Crippen MR) is 120 cm³/mol. The van der Waals surface area contributed by atoms with E-state index in [1.807, 2.05) is 30.3 Å². The van der Waals surface area contributed by atoms with Crippen molar-refractivity contribution >= 4 is 28.7 Å². The standard InChI is InChI=1S/C26H25NO4/c28-15-23(29)18-10-11-21-22(13-18)27-14-19(26(30)31)12-17-8-4-5-9-20(17)25(27)24(21)16-6-2-1-3-7-16/h4-5,8-13,16,28H,1-3,6-7,14-15H2,(H,30,31). The van der Waals surface area contributed by atoms with Crippen LogP contribution in [0.2, 0.25) is 0 Å². The van der Waals surface area contributed by atoms with Crippen molar-refractivity contribution in [1.29, 1.82) is 0 Å². The zero-order valence-electron chi connectivity index (χ0n) is 17.3. The van der Waals surface area contributed by atoms with E-state index in [4.69, 9.17) is 0 Å². The first-order chi connectivity index (χ1) is 15.1. The van der Waals surface area contributed by atoms with E-state index in [0.717, 1.165) is 40.6 Å². The van der Waals surface area contributed by atoms with Crippen molar-refractivity contribution in [3.05, 3.63) is 64.7 Å². The molecule has 0 bridgehead atoms. The molecule has 158 valence electrons. The van der Waals surface area contributed by atoms with E-state index in [2.05, 4.69) is 10.6 Å². The van der Waals surface area contributed by atoms with Gasteiger partial charge in [-0.2, -0.15) is 0 Å². The summed E-state index contributed by atoms with van der Waals surface area (Å²) in [5.74, 6) is -0.864. The van der Waals surface area contributed by atoms with E-state index in [-0.39, 0.29) is 12.3 Å². The number of rotatable bonds is 4. The molecule has 3 aromatic rings. The highest BCUT2D eigenvalue weighted by molar-refractivity contribution is 6.04. The molecule has 2 aromatic carbocycles. The Hall–Kier alpha value is -3.18. The van der Waals surface area contributed by atoms with Crippen LogP contribution in [0, 0.1) is 0 Å². The van der Waals surface area contributed by atoms with E-state index in [1.165, 1.54) is 24.8 Å². The SMILES string of the molecule is O=C(O)C1=Cc2ccccc2-c2c(C3CCCCC3)c3ccc(C(=O)CO)cc3n2C1. The van der Waals surface area contributed by atoms with Gasteiger partial charge in [0, 0.05) is 22.0 Å². The molecule has 2 aliphatic rings. The molecule has 31 heavy (non-hydrogen) atoms. The topological polar surface area (TPSA) is 79.5 Å². The fraction of sp³-hybridized carbons (Fsp3) is 0.308. The molecule has 0 unspecified atom stereocenters. The summed E-state index contributed by atoms with van der Waals surface area (Å²) in [6, 6.07) is 13.5. The number of ketones is 1. The maximum Gasteiger partial charge on any atom is 0.333 e. The number of benzene rings is 2. The second kappa shape index (κ2) is 7.82. The molecule has 5 nitrogen and oxygen atoms in total. The maximum absolute atomic E-state index is 12.2. The average Bonchev–Trinajstić information content (AvgIpc) is 3.01. The minimum atomic E-state index is -0.939. The summed E-state index contributed by atoms with van der Waals surface area (Å²) >= 11 is 0. The van der Waals surface area contributed by atoms with Crippen LogP contribution in [-0.4, -0.2) is 33.1 Å². The van der Waals surface area contributed by atoms with Gasteiger partial charge >= 0.3 is 5.97 Å². The first-order valence-electron chi connectivity index (χ1n) is 10.9. The molecule has 2 heterocycles. The van der Waals surface area contributed by atoms with Crippen LogP contribution in [0.3, 0.4) is 0 Å². The molecule has 2 N–H and O–H groups in total. The third kappa shape index (κ3) is 3.29. The van der Waals surface area contributed by atoms with Gasteiger partial charge in [0.15, 0.2) is 5.78 Å². The zero-order valence-corrected chi connectivity index (χ0v) is 17.3. The molecule has 5 rings (SSSR count). The second-order valence-corrected chi connectivity index (χ2v) is 8.56. The van der Waals surface area contributed by atoms with Crippen molar-refractivity contribution in [2.75, 3.05) is 6.61 Å². The molecule has 5 heteroatoms. The smallest absolute Gasteiger partial charge is 0.333 e. The summed E-state index contributed by atoms with van der Waals surface area (Å²) in [6.45, 7) is -0.309. The molecular weight excluding hydrogens is 390 g/mol. The molecular formula is C26H25NO4. The molecule has 1 aliphatic heterocycles. The first kappa shape index (κ1) is 19.8. The van der Waals surface area contributed by atoms with Gasteiger partial charge < -0.3 is 14.8 Å². The second-order valence-electron chi connectivity index (χ2n) is 8.56. The van der Waals surface area contributed by atoms with Crippen LogP contribution in [0.25, 0.3) is 28.2 Å². The molecule has 0 atom stereocenters. The molecule has 0 radical (unpaired) electrons. The Morgan fingerprint density at radius 3 is 2.55 bits per heavy atom. The Bertz CT molecular complexity index is 1230. The van der Waals surface area contributed by atoms with Gasteiger partial charge in [-0.15, -0.1) is 0 Å². The van der Waals surface area contributed by atoms with Gasteiger partial charge in [0.05, 0.1) is 17.8 Å². The van der Waals surface area contributed by atoms with E-state index in [0.29, 0.717) is 17.1 Å². The Labute approximate surface area is 180 Å². The maximum atomic E-state index is 12.2. The number of aromatic nitrogens is 1. The fourth-order valence-corrected chi connectivity index (χ4v) is 5.27. The highest BCUT2D eigenvalue weighted by Gasteiger charge is 2.30. The normalized spacial score (nSPS) is 16.4. The monoisotopic (exact) mass is 415 g/mol. The fourth-order valence-electron chi connectivity index (χ4n) is 5.27. The van der Waals surface area contributed by atoms with Gasteiger partial charge in [0.1, 0.15) is 6.61 Å². The van der Waals surface area contributed by atoms with Crippen LogP contribution in [0.15, 0.2) is 48.0 Å². The molecule has 1 saturated carbocycles. The van der Waals surface area contributed by atoms with Gasteiger partial charge in [0.25, 0.3) is 0 Å². The molecule has 1 aliphatic carbocycles. The summed E-state index contributed by atoms with van der Waals surface area (Å²) in [7, 11) is 0. The third-order valence-electron chi connectivity index (χ3n) is 6.73. The number of nitrogens with zero attached hydrogens (tertiary/aromatic N) is 1. The lowest BCUT2D eigenvalue weighted by atomic mass is 9.81. The number of aliphatic carboxylic acids is 1. The number of hydrogen-bond acceptors (Lipinski definition) is 3. The number of Topliss-reactive ketones (excluding diaryl/α,β-unsaturated/α-hetero) is 1. The van der Waals surface area contributed by atoms with Crippen molar-refractivity contribution < 1.29 is 19.8 Å². The van der Waals surface area contributed by atoms with E-state index >= 15 is 0 Å². The average molecular weight is 415 g/mol. The minimum Gasteiger partial charge on any atom is -0.478 e. The lowest BCUT2D eigenvalue weighted by Crippen LogP contribution is -2.10. The molecule has 1 aromatic heterocycles. The number of carboxylic acid groups (broad SMARTS) is 1. The highest BCUT2D eigenvalue weighted by atomic mass is 16.4. The van der Waals surface area contributed by atoms with Gasteiger partial charge in [-0.3, -0.25) is 4.79 Å². The lowest BCUT2D eigenvalue weighted by molar-refractivity contribution is -0.132. The van der Waals surface area contributed by atoms with Crippen LogP contribution < -0.4 is 0 Å². The quantitative estimate of drug-likeness (QED) is 0.587. The lowest BCUT2D eigenvalue weighted by Gasteiger charge is -2.24. The van der Waals surface area contributed by atoms with Crippen molar-refractivity contribution in [3.63, 3.8) is 0 Å². The first-order valence-corrected chi connectivity index (χ1v) is 10.9. The predicted octanol–water partition coefficient (Wildman–Crippen LogP) is 5.01. The summed E-state index contributed by atoms with van der Waals surface area (Å²) in [5, 5.41) is 20.3. The number of carboxylic acids is 1. The summed E-state index contributed by atoms with van der Waals surface area (Å²) in [6.07, 6.45) is 7.64. The van der Waals surface area contributed by atoms with Crippen LogP contribution >= 0.6 is 0 Å². The molecule has 0 spiro atoms. The summed E-state index contributed by atoms with van der Waals surface area (Å²) < 4.78 is 2.07. The van der Waals surface area contributed by atoms with Crippen LogP contribution in [-0.2, 0) is 11.3 Å². The van der Waals surface area contributed by atoms with Gasteiger partial charge in [-0.05, 0) is 42.0 Å². The van der Waals surface area contributed by atoms with E-state index < -0.39 is 12.6 Å². The van der Waals surface area contributed by atoms with Gasteiger partial charge in [-0.25, -0.2) is 4.79 Å². The van der Waals surface area contributed by atoms with Crippen molar-refractivity contribution in [2.24, 2.45) is 0 Å². The molecule has 0 saturated heterocycles. The molecule has 0 amide bonds. The number of aliphatic hydroxyl groups excluding tert-OH is 1. The number of fused-ring (bicyclic) bond motifs is 5. The largest absolute Gasteiger partial charge is 0.478 e. The highest BCUT2D eigenvalue weighted by Crippen LogP contribution is 2.46. The summed E-state index contributed by atoms with van der Waals surface area (Å²) in [4.78, 5) is 24.2. The Morgan fingerprint density at radius 1 is 1.03 bits per heavy atom. The van der Waals surface area contributed by atoms with Gasteiger partial charge in [0.2, 0.25) is 0 Å². The Morgan fingerprint density at radius 2 is 1.81 bits per heavy atom. The van der Waals surface area contributed by atoms with E-state index in [9.17, 15) is 19.8 Å². The van der Waals surface area contributed by atoms with Crippen LogP contribution in [0.4, 0.5) is 0 Å². The van der Waals surface area contributed by atoms with Crippen molar-refractivity contribution in [1.82, 2.24) is 4.57 Å². The van der Waals surface area contributed by atoms with Crippen molar-refractivity contribution in [3.8, 4) is 11.3 Å². The number of aliphatic hydroxyl groups is 1. The Balaban J connectivity index is 1.85. The number of carbonyl (C=O) groups is 2. The van der Waals surface area contributed by atoms with Crippen molar-refractivity contribution in [2.45, 2.75) is 44.6 Å². The number of carbonyl (C=O) groups excluding carboxylic acids is 1. The van der Waals surface area contributed by atoms with E-state index in [1.54, 1.807) is 12.1 Å². The molecule has 1 fully saturated rings. The number of hydrogen-bond donors (Lipinski definition) is 2. The van der Waals surface area contributed by atoms with Crippen LogP contribution in [0.5, 0.6) is 0 Å². The summed E-state index contributed by atoms with van der Waals surface area (Å²) in [5.41, 5.74) is 5.90. The minimum absolute atomic E-state index is 0.235. The third-order valence-corrected chi connectivity index (χ3v) is 6.73. The Kier molecular flexibility index (Phi) is 4.98. The van der Waals surface area contributed by atoms with Crippen LogP contribution in [0.1, 0.15) is 59.5 Å². The van der Waals surface area contributed by atoms with Gasteiger partial charge in [-0.1, -0.05) is 55.7 Å².